The zero-order valence-electron chi connectivity index (χ0n) is 8.82. The molecule has 1 nitrogen and oxygen atoms in total. The molecule has 0 aromatic rings. The van der Waals surface area contributed by atoms with E-state index in [1.54, 1.807) is 5.94 Å². The van der Waals surface area contributed by atoms with Gasteiger partial charge in [0.05, 0.1) is 0 Å². The van der Waals surface area contributed by atoms with Gasteiger partial charge in [0.15, 0.2) is 5.94 Å². The van der Waals surface area contributed by atoms with Gasteiger partial charge in [0.2, 0.25) is 0 Å². The van der Waals surface area contributed by atoms with Crippen molar-refractivity contribution in [3.63, 3.8) is 0 Å². The first-order valence-corrected chi connectivity index (χ1v) is 5.29. The molecule has 0 rings (SSSR count). The first-order valence-electron chi connectivity index (χ1n) is 4.07. The van der Waals surface area contributed by atoms with Crippen LogP contribution in [0.1, 0.15) is 41.5 Å². The maximum Gasteiger partial charge on any atom is 0.183 e. The van der Waals surface area contributed by atoms with E-state index in [1.807, 2.05) is 0 Å². The van der Waals surface area contributed by atoms with E-state index in [0.29, 0.717) is 0 Å². The predicted molar refractivity (Wildman–Crippen MR) is 57.8 cm³/mol. The van der Waals surface area contributed by atoms with Crippen molar-refractivity contribution in [3.05, 3.63) is 0 Å². The minimum atomic E-state index is -0.133. The Hall–Kier alpha value is -0.290. The molecule has 0 unspecified atom stereocenters. The lowest BCUT2D eigenvalue weighted by atomic mass is 10.2. The molecule has 0 N–H and O–H groups in total. The van der Waals surface area contributed by atoms with Gasteiger partial charge in [-0.2, -0.15) is 0 Å². The zero-order valence-corrected chi connectivity index (χ0v) is 9.63. The Balaban J connectivity index is 5.27. The molecule has 70 valence electrons. The van der Waals surface area contributed by atoms with E-state index in [-0.39, 0.29) is 20.0 Å². The maximum absolute atomic E-state index is 10.3. The lowest BCUT2D eigenvalue weighted by molar-refractivity contribution is 0.571. The second kappa shape index (κ2) is 3.62. The fraction of sp³-hybridized carbons (Fsp3) is 0.800. The van der Waals surface area contributed by atoms with E-state index in [4.69, 9.17) is 0 Å². The molecule has 12 heavy (non-hydrogen) atoms. The Morgan fingerprint density at radius 3 is 1.33 bits per heavy atom. The molecule has 0 bridgehead atoms. The predicted octanol–water partition coefficient (Wildman–Crippen LogP) is 2.64. The number of hydrogen-bond acceptors (Lipinski definition) is 1. The summed E-state index contributed by atoms with van der Waals surface area (Å²) in [7, 11) is -0.133. The summed E-state index contributed by atoms with van der Waals surface area (Å²) in [6.07, 6.45) is 0. The van der Waals surface area contributed by atoms with Gasteiger partial charge in [-0.1, -0.05) is 41.5 Å². The Bertz CT molecular complexity index is 224. The SMILES string of the molecule is CC(C)(C)S(=C=C=O)C(C)(C)C. The minimum absolute atomic E-state index is 0.107. The summed E-state index contributed by atoms with van der Waals surface area (Å²) < 4.78 is 0.214. The summed E-state index contributed by atoms with van der Waals surface area (Å²) in [5.74, 6) is 1.79. The third kappa shape index (κ3) is 3.40. The van der Waals surface area contributed by atoms with Crippen LogP contribution in [-0.4, -0.2) is 20.5 Å². The van der Waals surface area contributed by atoms with Crippen LogP contribution in [0.2, 0.25) is 0 Å². The highest BCUT2D eigenvalue weighted by Crippen LogP contribution is 2.41. The van der Waals surface area contributed by atoms with E-state index >= 15 is 0 Å². The van der Waals surface area contributed by atoms with Crippen molar-refractivity contribution in [2.75, 3.05) is 0 Å². The highest BCUT2D eigenvalue weighted by Gasteiger charge is 2.26. The normalized spacial score (nSPS) is 12.6. The molecular formula is C10H18OS. The smallest absolute Gasteiger partial charge is 0.183 e. The lowest BCUT2D eigenvalue weighted by Crippen LogP contribution is -2.24. The van der Waals surface area contributed by atoms with Crippen LogP contribution in [0.15, 0.2) is 0 Å². The van der Waals surface area contributed by atoms with E-state index in [2.05, 4.69) is 46.6 Å². The van der Waals surface area contributed by atoms with Gasteiger partial charge < -0.3 is 0 Å². The first kappa shape index (κ1) is 11.7. The van der Waals surface area contributed by atoms with Gasteiger partial charge in [0.1, 0.15) is 0 Å². The van der Waals surface area contributed by atoms with E-state index in [9.17, 15) is 4.79 Å². The van der Waals surface area contributed by atoms with Gasteiger partial charge in [0, 0.05) is 14.5 Å². The molecule has 0 aliphatic heterocycles. The zero-order chi connectivity index (χ0) is 9.99. The molecule has 0 atom stereocenters. The van der Waals surface area contributed by atoms with Gasteiger partial charge in [0.25, 0.3) is 0 Å². The fourth-order valence-electron chi connectivity index (χ4n) is 1.27. The van der Waals surface area contributed by atoms with Crippen molar-refractivity contribution in [2.24, 2.45) is 0 Å². The molecule has 0 heterocycles. The molecule has 0 aromatic heterocycles. The maximum atomic E-state index is 10.3. The monoisotopic (exact) mass is 186 g/mol. The van der Waals surface area contributed by atoms with Crippen LogP contribution in [0, 0.1) is 0 Å². The van der Waals surface area contributed by atoms with Gasteiger partial charge >= 0.3 is 0 Å². The summed E-state index contributed by atoms with van der Waals surface area (Å²) in [5, 5.41) is 2.78. The van der Waals surface area contributed by atoms with Gasteiger partial charge in [-0.25, -0.2) is 4.79 Å². The summed E-state index contributed by atoms with van der Waals surface area (Å²) >= 11 is 0. The van der Waals surface area contributed by atoms with Gasteiger partial charge in [-0.3, -0.25) is 0 Å². The van der Waals surface area contributed by atoms with Crippen molar-refractivity contribution in [1.29, 1.82) is 0 Å². The van der Waals surface area contributed by atoms with E-state index in [0.717, 1.165) is 0 Å². The first-order chi connectivity index (χ1) is 5.19. The molecule has 0 saturated heterocycles. The van der Waals surface area contributed by atoms with Gasteiger partial charge in [-0.05, 0) is 0 Å². The van der Waals surface area contributed by atoms with Crippen LogP contribution in [0.25, 0.3) is 0 Å². The molecule has 0 aromatic carbocycles. The topological polar surface area (TPSA) is 17.1 Å². The number of rotatable bonds is 0. The Kier molecular flexibility index (Phi) is 3.53. The highest BCUT2D eigenvalue weighted by molar-refractivity contribution is 8.17. The third-order valence-electron chi connectivity index (χ3n) is 1.37. The molecule has 0 spiro atoms. The molecule has 2 heteroatoms. The van der Waals surface area contributed by atoms with Crippen LogP contribution in [-0.2, 0) is 4.79 Å². The van der Waals surface area contributed by atoms with Crippen molar-refractivity contribution in [1.82, 2.24) is 0 Å². The molecule has 0 saturated carbocycles. The lowest BCUT2D eigenvalue weighted by Gasteiger charge is -2.32. The average molecular weight is 186 g/mol. The third-order valence-corrected chi connectivity index (χ3v) is 4.11. The van der Waals surface area contributed by atoms with Crippen LogP contribution in [0.5, 0.6) is 0 Å². The summed E-state index contributed by atoms with van der Waals surface area (Å²) in [6, 6.07) is 0. The van der Waals surface area contributed by atoms with Crippen LogP contribution >= 0.6 is 10.5 Å². The van der Waals surface area contributed by atoms with E-state index in [1.165, 1.54) is 0 Å². The second-order valence-electron chi connectivity index (χ2n) is 4.74. The van der Waals surface area contributed by atoms with Crippen molar-refractivity contribution >= 4 is 21.4 Å². The molecule has 0 aliphatic rings. The fourth-order valence-corrected chi connectivity index (χ4v) is 3.80. The van der Waals surface area contributed by atoms with Crippen LogP contribution in [0.4, 0.5) is 0 Å². The Morgan fingerprint density at radius 1 is 0.917 bits per heavy atom. The minimum Gasteiger partial charge on any atom is -0.223 e. The summed E-state index contributed by atoms with van der Waals surface area (Å²) in [4.78, 5) is 10.3. The van der Waals surface area contributed by atoms with Crippen LogP contribution in [0.3, 0.4) is 0 Å². The number of hydrogen-bond donors (Lipinski definition) is 0. The second-order valence-corrected chi connectivity index (χ2v) is 8.00. The van der Waals surface area contributed by atoms with Crippen molar-refractivity contribution in [2.45, 2.75) is 51.0 Å². The summed E-state index contributed by atoms with van der Waals surface area (Å²) in [6.45, 7) is 12.8. The molecule has 0 aliphatic carbocycles. The Morgan fingerprint density at radius 2 is 1.25 bits per heavy atom. The van der Waals surface area contributed by atoms with Crippen molar-refractivity contribution < 1.29 is 4.79 Å². The van der Waals surface area contributed by atoms with Crippen LogP contribution < -0.4 is 0 Å². The highest BCUT2D eigenvalue weighted by atomic mass is 32.2. The molecule has 0 radical (unpaired) electrons. The number of carbonyl (C=O) groups excluding carboxylic acids is 1. The Labute approximate surface area is 77.8 Å². The quantitative estimate of drug-likeness (QED) is 0.420. The summed E-state index contributed by atoms with van der Waals surface area (Å²) in [5.41, 5.74) is 0. The van der Waals surface area contributed by atoms with E-state index < -0.39 is 0 Å². The molecular weight excluding hydrogens is 168 g/mol. The standard InChI is InChI=1S/C10H18OS/c1-9(2,3)12(8-7-11)10(4,5)6/h1-6H3. The molecule has 0 amide bonds. The largest absolute Gasteiger partial charge is 0.223 e. The average Bonchev–Trinajstić information content (AvgIpc) is 1.77. The van der Waals surface area contributed by atoms with Crippen molar-refractivity contribution in [3.8, 4) is 0 Å². The molecule has 0 fully saturated rings. The van der Waals surface area contributed by atoms with Gasteiger partial charge in [-0.15, -0.1) is 10.5 Å².